The van der Waals surface area contributed by atoms with Gasteiger partial charge in [0.25, 0.3) is 0 Å². The molecule has 1 rings (SSSR count). The van der Waals surface area contributed by atoms with E-state index in [-0.39, 0.29) is 5.25 Å². The molecule has 6 heteroatoms. The van der Waals surface area contributed by atoms with Crippen LogP contribution in [0.1, 0.15) is 20.3 Å². The lowest BCUT2D eigenvalue weighted by atomic mass is 10.3. The van der Waals surface area contributed by atoms with Crippen molar-refractivity contribution in [2.75, 3.05) is 30.0 Å². The molecule has 96 valence electrons. The van der Waals surface area contributed by atoms with Gasteiger partial charge in [-0.2, -0.15) is 4.98 Å². The van der Waals surface area contributed by atoms with Crippen LogP contribution in [-0.4, -0.2) is 38.8 Å². The van der Waals surface area contributed by atoms with E-state index in [0.29, 0.717) is 5.95 Å². The standard InChI is InChI=1S/C11H20N4OS/c1-4-12-11-14-8-6-10(15-11)13-7-5-9(2)17(3)16/h6,8-9H,4-5,7H2,1-3H3,(H2,12,13,14,15). The molecule has 1 aromatic rings. The maximum absolute atomic E-state index is 11.2. The number of aromatic nitrogens is 2. The average Bonchev–Trinajstić information content (AvgIpc) is 2.29. The number of nitrogens with one attached hydrogen (secondary N) is 2. The summed E-state index contributed by atoms with van der Waals surface area (Å²) in [6.45, 7) is 5.56. The van der Waals surface area contributed by atoms with Gasteiger partial charge >= 0.3 is 0 Å². The molecule has 0 bridgehead atoms. The van der Waals surface area contributed by atoms with Gasteiger partial charge in [-0.25, -0.2) is 4.98 Å². The van der Waals surface area contributed by atoms with Crippen LogP contribution in [0.5, 0.6) is 0 Å². The molecular formula is C11H20N4OS. The first-order valence-corrected chi connectivity index (χ1v) is 7.38. The summed E-state index contributed by atoms with van der Waals surface area (Å²) in [4.78, 5) is 8.38. The van der Waals surface area contributed by atoms with Crippen LogP contribution in [-0.2, 0) is 10.8 Å². The molecule has 17 heavy (non-hydrogen) atoms. The molecule has 1 aromatic heterocycles. The molecule has 0 aromatic carbocycles. The Morgan fingerprint density at radius 1 is 1.47 bits per heavy atom. The molecule has 5 nitrogen and oxygen atoms in total. The number of hydrogen-bond acceptors (Lipinski definition) is 5. The van der Waals surface area contributed by atoms with Crippen molar-refractivity contribution < 1.29 is 4.21 Å². The number of rotatable bonds is 7. The van der Waals surface area contributed by atoms with E-state index in [9.17, 15) is 4.21 Å². The third kappa shape index (κ3) is 5.12. The number of nitrogens with zero attached hydrogens (tertiary/aromatic N) is 2. The second-order valence-corrected chi connectivity index (χ2v) is 5.62. The average molecular weight is 256 g/mol. The van der Waals surface area contributed by atoms with Crippen LogP contribution in [0.2, 0.25) is 0 Å². The largest absolute Gasteiger partial charge is 0.370 e. The van der Waals surface area contributed by atoms with Crippen molar-refractivity contribution in [3.05, 3.63) is 12.3 Å². The Morgan fingerprint density at radius 3 is 2.88 bits per heavy atom. The van der Waals surface area contributed by atoms with E-state index >= 15 is 0 Å². The highest BCUT2D eigenvalue weighted by atomic mass is 32.2. The normalized spacial score (nSPS) is 14.1. The molecule has 0 radical (unpaired) electrons. The lowest BCUT2D eigenvalue weighted by Gasteiger charge is -2.10. The van der Waals surface area contributed by atoms with E-state index in [2.05, 4.69) is 20.6 Å². The van der Waals surface area contributed by atoms with Gasteiger partial charge in [0.05, 0.1) is 0 Å². The van der Waals surface area contributed by atoms with Gasteiger partial charge in [0.1, 0.15) is 5.82 Å². The predicted octanol–water partition coefficient (Wildman–Crippen LogP) is 1.48. The summed E-state index contributed by atoms with van der Waals surface area (Å²) in [7, 11) is -0.761. The van der Waals surface area contributed by atoms with E-state index in [4.69, 9.17) is 0 Å². The van der Waals surface area contributed by atoms with E-state index < -0.39 is 10.8 Å². The first-order chi connectivity index (χ1) is 8.13. The summed E-state index contributed by atoms with van der Waals surface area (Å²) < 4.78 is 11.2. The zero-order valence-corrected chi connectivity index (χ0v) is 11.4. The van der Waals surface area contributed by atoms with Crippen LogP contribution in [0.3, 0.4) is 0 Å². The van der Waals surface area contributed by atoms with Crippen molar-refractivity contribution in [2.45, 2.75) is 25.5 Å². The molecule has 0 amide bonds. The smallest absolute Gasteiger partial charge is 0.224 e. The third-order valence-corrected chi connectivity index (χ3v) is 3.78. The molecule has 2 unspecified atom stereocenters. The molecule has 2 atom stereocenters. The second-order valence-electron chi connectivity index (χ2n) is 3.82. The highest BCUT2D eigenvalue weighted by Gasteiger charge is 2.05. The van der Waals surface area contributed by atoms with Gasteiger partial charge in [0.2, 0.25) is 5.95 Å². The third-order valence-electron chi connectivity index (χ3n) is 2.41. The van der Waals surface area contributed by atoms with Crippen LogP contribution < -0.4 is 10.6 Å². The Kier molecular flexibility index (Phi) is 5.90. The molecule has 0 spiro atoms. The summed E-state index contributed by atoms with van der Waals surface area (Å²) in [5.41, 5.74) is 0. The monoisotopic (exact) mass is 256 g/mol. The van der Waals surface area contributed by atoms with Crippen molar-refractivity contribution >= 4 is 22.6 Å². The topological polar surface area (TPSA) is 66.9 Å². The molecule has 0 saturated heterocycles. The lowest BCUT2D eigenvalue weighted by Crippen LogP contribution is -2.15. The molecule has 0 fully saturated rings. The molecule has 0 aliphatic rings. The zero-order chi connectivity index (χ0) is 12.7. The second kappa shape index (κ2) is 7.21. The summed E-state index contributed by atoms with van der Waals surface area (Å²) in [5.74, 6) is 1.43. The van der Waals surface area contributed by atoms with Crippen molar-refractivity contribution in [1.29, 1.82) is 0 Å². The van der Waals surface area contributed by atoms with Crippen molar-refractivity contribution in [1.82, 2.24) is 9.97 Å². The van der Waals surface area contributed by atoms with Crippen LogP contribution >= 0.6 is 0 Å². The molecular weight excluding hydrogens is 236 g/mol. The number of hydrogen-bond donors (Lipinski definition) is 2. The highest BCUT2D eigenvalue weighted by molar-refractivity contribution is 7.84. The first-order valence-electron chi connectivity index (χ1n) is 5.76. The van der Waals surface area contributed by atoms with E-state index in [1.807, 2.05) is 19.9 Å². The quantitative estimate of drug-likeness (QED) is 0.773. The van der Waals surface area contributed by atoms with E-state index in [1.165, 1.54) is 0 Å². The summed E-state index contributed by atoms with van der Waals surface area (Å²) in [6.07, 6.45) is 4.32. The fourth-order valence-electron chi connectivity index (χ4n) is 1.27. The molecule has 1 heterocycles. The van der Waals surface area contributed by atoms with Gasteiger partial charge in [0.15, 0.2) is 0 Å². The van der Waals surface area contributed by atoms with E-state index in [0.717, 1.165) is 25.3 Å². The van der Waals surface area contributed by atoms with Crippen LogP contribution in [0.15, 0.2) is 12.3 Å². The molecule has 0 aliphatic carbocycles. The van der Waals surface area contributed by atoms with Gasteiger partial charge in [-0.15, -0.1) is 0 Å². The zero-order valence-electron chi connectivity index (χ0n) is 10.6. The van der Waals surface area contributed by atoms with E-state index in [1.54, 1.807) is 12.5 Å². The molecule has 2 N–H and O–H groups in total. The first kappa shape index (κ1) is 13.9. The van der Waals surface area contributed by atoms with Crippen LogP contribution in [0.4, 0.5) is 11.8 Å². The Balaban J connectivity index is 2.41. The lowest BCUT2D eigenvalue weighted by molar-refractivity contribution is 0.672. The van der Waals surface area contributed by atoms with Gasteiger partial charge in [-0.1, -0.05) is 6.92 Å². The van der Waals surface area contributed by atoms with Crippen molar-refractivity contribution in [3.63, 3.8) is 0 Å². The Labute approximate surface area is 105 Å². The highest BCUT2D eigenvalue weighted by Crippen LogP contribution is 2.06. The van der Waals surface area contributed by atoms with Gasteiger partial charge < -0.3 is 10.6 Å². The van der Waals surface area contributed by atoms with Gasteiger partial charge in [0, 0.05) is 41.6 Å². The predicted molar refractivity (Wildman–Crippen MR) is 72.8 cm³/mol. The Morgan fingerprint density at radius 2 is 2.24 bits per heavy atom. The summed E-state index contributed by atoms with van der Waals surface area (Å²) >= 11 is 0. The van der Waals surface area contributed by atoms with Crippen LogP contribution in [0.25, 0.3) is 0 Å². The van der Waals surface area contributed by atoms with Crippen LogP contribution in [0, 0.1) is 0 Å². The Hall–Kier alpha value is -1.17. The van der Waals surface area contributed by atoms with Crippen molar-refractivity contribution in [3.8, 4) is 0 Å². The summed E-state index contributed by atoms with van der Waals surface area (Å²) in [6, 6.07) is 1.83. The summed E-state index contributed by atoms with van der Waals surface area (Å²) in [5, 5.41) is 6.46. The SMILES string of the molecule is CCNc1nccc(NCCC(C)S(C)=O)n1. The molecule has 0 aliphatic heterocycles. The minimum absolute atomic E-state index is 0.206. The fourth-order valence-corrected chi connectivity index (χ4v) is 1.72. The molecule has 0 saturated carbocycles. The fraction of sp³-hybridized carbons (Fsp3) is 0.636. The number of anilines is 2. The minimum Gasteiger partial charge on any atom is -0.370 e. The maximum Gasteiger partial charge on any atom is 0.224 e. The van der Waals surface area contributed by atoms with Crippen molar-refractivity contribution in [2.24, 2.45) is 0 Å². The van der Waals surface area contributed by atoms with Gasteiger partial charge in [-0.3, -0.25) is 4.21 Å². The van der Waals surface area contributed by atoms with Gasteiger partial charge in [-0.05, 0) is 19.4 Å². The maximum atomic E-state index is 11.2. The minimum atomic E-state index is -0.761. The Bertz CT molecular complexity index is 372.